The first-order chi connectivity index (χ1) is 10.1. The fourth-order valence-electron chi connectivity index (χ4n) is 1.96. The van der Waals surface area contributed by atoms with Gasteiger partial charge in [-0.3, -0.25) is 0 Å². The van der Waals surface area contributed by atoms with Crippen LogP contribution in [0.4, 0.5) is 5.69 Å². The van der Waals surface area contributed by atoms with Gasteiger partial charge in [0, 0.05) is 11.6 Å². The molecule has 106 valence electrons. The van der Waals surface area contributed by atoms with Crippen LogP contribution in [0.25, 0.3) is 0 Å². The molecule has 2 aromatic carbocycles. The molecule has 2 rings (SSSR count). The molecular formula is C16H13ClN2O2. The van der Waals surface area contributed by atoms with Crippen molar-refractivity contribution in [1.82, 2.24) is 0 Å². The number of nitrogens with zero attached hydrogens (tertiary/aromatic N) is 1. The third-order valence-corrected chi connectivity index (χ3v) is 3.24. The maximum absolute atomic E-state index is 10.9. The van der Waals surface area contributed by atoms with E-state index in [4.69, 9.17) is 22.0 Å². The Kier molecular flexibility index (Phi) is 4.81. The summed E-state index contributed by atoms with van der Waals surface area (Å²) in [4.78, 5) is 10.9. The van der Waals surface area contributed by atoms with Gasteiger partial charge in [0.25, 0.3) is 0 Å². The smallest absolute Gasteiger partial charge is 0.335 e. The lowest BCUT2D eigenvalue weighted by Gasteiger charge is -2.09. The minimum Gasteiger partial charge on any atom is -0.478 e. The van der Waals surface area contributed by atoms with Crippen molar-refractivity contribution in [1.29, 1.82) is 5.26 Å². The molecule has 0 unspecified atom stereocenters. The van der Waals surface area contributed by atoms with Crippen molar-refractivity contribution >= 4 is 23.3 Å². The molecule has 0 amide bonds. The highest BCUT2D eigenvalue weighted by Gasteiger charge is 2.05. The lowest BCUT2D eigenvalue weighted by Crippen LogP contribution is -2.07. The highest BCUT2D eigenvalue weighted by Crippen LogP contribution is 2.20. The molecule has 2 aromatic rings. The Bertz CT molecular complexity index is 708. The van der Waals surface area contributed by atoms with Crippen LogP contribution in [0.15, 0.2) is 42.5 Å². The third-order valence-electron chi connectivity index (χ3n) is 3.01. The molecule has 0 aliphatic heterocycles. The van der Waals surface area contributed by atoms with E-state index in [1.807, 2.05) is 6.07 Å². The van der Waals surface area contributed by atoms with E-state index in [-0.39, 0.29) is 5.56 Å². The topological polar surface area (TPSA) is 73.1 Å². The molecule has 0 radical (unpaired) electrons. The van der Waals surface area contributed by atoms with E-state index in [9.17, 15) is 4.79 Å². The fraction of sp³-hybridized carbons (Fsp3) is 0.125. The minimum absolute atomic E-state index is 0.271. The summed E-state index contributed by atoms with van der Waals surface area (Å²) in [6.45, 7) is 0.581. The molecule has 2 N–H and O–H groups in total. The SMILES string of the molecule is N#Cc1ccc(Cl)cc1NCCc1cccc(C(=O)O)c1. The van der Waals surface area contributed by atoms with Gasteiger partial charge < -0.3 is 10.4 Å². The van der Waals surface area contributed by atoms with Crippen molar-refractivity contribution in [3.63, 3.8) is 0 Å². The van der Waals surface area contributed by atoms with Gasteiger partial charge in [-0.05, 0) is 42.3 Å². The Labute approximate surface area is 127 Å². The highest BCUT2D eigenvalue weighted by molar-refractivity contribution is 6.30. The Morgan fingerprint density at radius 3 is 2.81 bits per heavy atom. The van der Waals surface area contributed by atoms with Gasteiger partial charge in [0.05, 0.1) is 16.8 Å². The number of nitriles is 1. The number of aromatic carboxylic acids is 1. The molecule has 21 heavy (non-hydrogen) atoms. The van der Waals surface area contributed by atoms with Crippen molar-refractivity contribution in [2.45, 2.75) is 6.42 Å². The maximum Gasteiger partial charge on any atom is 0.335 e. The quantitative estimate of drug-likeness (QED) is 0.885. The number of hydrogen-bond donors (Lipinski definition) is 2. The molecular weight excluding hydrogens is 288 g/mol. The average molecular weight is 301 g/mol. The summed E-state index contributed by atoms with van der Waals surface area (Å²) in [5, 5.41) is 21.7. The second-order valence-electron chi connectivity index (χ2n) is 4.48. The van der Waals surface area contributed by atoms with Crippen LogP contribution >= 0.6 is 11.6 Å². The first-order valence-electron chi connectivity index (χ1n) is 6.36. The summed E-state index contributed by atoms with van der Waals surface area (Å²) in [5.74, 6) is -0.939. The van der Waals surface area contributed by atoms with Crippen LogP contribution in [-0.2, 0) is 6.42 Å². The molecule has 0 atom stereocenters. The van der Waals surface area contributed by atoms with Gasteiger partial charge in [0.15, 0.2) is 0 Å². The number of carbonyl (C=O) groups is 1. The number of anilines is 1. The normalized spacial score (nSPS) is 9.90. The van der Waals surface area contributed by atoms with Crippen molar-refractivity contribution in [2.24, 2.45) is 0 Å². The first kappa shape index (κ1) is 14.9. The van der Waals surface area contributed by atoms with E-state index >= 15 is 0 Å². The summed E-state index contributed by atoms with van der Waals surface area (Å²) >= 11 is 5.91. The zero-order valence-electron chi connectivity index (χ0n) is 11.1. The van der Waals surface area contributed by atoms with Crippen molar-refractivity contribution in [2.75, 3.05) is 11.9 Å². The zero-order chi connectivity index (χ0) is 15.2. The van der Waals surface area contributed by atoms with Crippen LogP contribution in [-0.4, -0.2) is 17.6 Å². The number of rotatable bonds is 5. The van der Waals surface area contributed by atoms with E-state index in [1.54, 1.807) is 36.4 Å². The lowest BCUT2D eigenvalue weighted by molar-refractivity contribution is 0.0697. The summed E-state index contributed by atoms with van der Waals surface area (Å²) in [5.41, 5.74) is 2.40. The Morgan fingerprint density at radius 1 is 1.29 bits per heavy atom. The number of halogens is 1. The summed E-state index contributed by atoms with van der Waals surface area (Å²) in [6, 6.07) is 13.9. The first-order valence-corrected chi connectivity index (χ1v) is 6.73. The minimum atomic E-state index is -0.939. The Balaban J connectivity index is 2.02. The van der Waals surface area contributed by atoms with Gasteiger partial charge in [-0.1, -0.05) is 23.7 Å². The second kappa shape index (κ2) is 6.78. The summed E-state index contributed by atoms with van der Waals surface area (Å²) < 4.78 is 0. The average Bonchev–Trinajstić information content (AvgIpc) is 2.48. The summed E-state index contributed by atoms with van der Waals surface area (Å²) in [6.07, 6.45) is 0.651. The predicted octanol–water partition coefficient (Wildman–Crippen LogP) is 3.56. The lowest BCUT2D eigenvalue weighted by atomic mass is 10.1. The Morgan fingerprint density at radius 2 is 2.10 bits per heavy atom. The van der Waals surface area contributed by atoms with E-state index in [1.165, 1.54) is 0 Å². The van der Waals surface area contributed by atoms with Crippen LogP contribution in [0.5, 0.6) is 0 Å². The van der Waals surface area contributed by atoms with E-state index in [0.717, 1.165) is 5.56 Å². The van der Waals surface area contributed by atoms with E-state index in [0.29, 0.717) is 29.2 Å². The molecule has 0 spiro atoms. The van der Waals surface area contributed by atoms with Gasteiger partial charge >= 0.3 is 5.97 Å². The summed E-state index contributed by atoms with van der Waals surface area (Å²) in [7, 11) is 0. The van der Waals surface area contributed by atoms with E-state index in [2.05, 4.69) is 11.4 Å². The third kappa shape index (κ3) is 3.98. The molecule has 0 fully saturated rings. The van der Waals surface area contributed by atoms with Gasteiger partial charge in [-0.15, -0.1) is 0 Å². The predicted molar refractivity (Wildman–Crippen MR) is 81.8 cm³/mol. The van der Waals surface area contributed by atoms with Crippen molar-refractivity contribution in [3.8, 4) is 6.07 Å². The molecule has 5 heteroatoms. The van der Waals surface area contributed by atoms with Gasteiger partial charge in [-0.25, -0.2) is 4.79 Å². The largest absolute Gasteiger partial charge is 0.478 e. The molecule has 0 aliphatic carbocycles. The van der Waals surface area contributed by atoms with Crippen LogP contribution in [0, 0.1) is 11.3 Å². The number of benzene rings is 2. The molecule has 0 aliphatic rings. The maximum atomic E-state index is 10.9. The molecule has 0 saturated carbocycles. The van der Waals surface area contributed by atoms with Gasteiger partial charge in [0.2, 0.25) is 0 Å². The molecule has 0 heterocycles. The van der Waals surface area contributed by atoms with Gasteiger partial charge in [0.1, 0.15) is 6.07 Å². The van der Waals surface area contributed by atoms with Crippen LogP contribution in [0.2, 0.25) is 5.02 Å². The number of carboxylic acid groups (broad SMARTS) is 1. The number of carboxylic acids is 1. The second-order valence-corrected chi connectivity index (χ2v) is 4.92. The molecule has 0 aromatic heterocycles. The standard InChI is InChI=1S/C16H13ClN2O2/c17-14-5-4-13(10-18)15(9-14)19-7-6-11-2-1-3-12(8-11)16(20)21/h1-5,8-9,19H,6-7H2,(H,20,21). The monoisotopic (exact) mass is 300 g/mol. The molecule has 0 bridgehead atoms. The molecule has 0 saturated heterocycles. The number of hydrogen-bond acceptors (Lipinski definition) is 3. The van der Waals surface area contributed by atoms with Crippen LogP contribution in [0.3, 0.4) is 0 Å². The Hall–Kier alpha value is -2.51. The van der Waals surface area contributed by atoms with Crippen LogP contribution in [0.1, 0.15) is 21.5 Å². The van der Waals surface area contributed by atoms with Crippen LogP contribution < -0.4 is 5.32 Å². The fourth-order valence-corrected chi connectivity index (χ4v) is 2.13. The highest BCUT2D eigenvalue weighted by atomic mass is 35.5. The van der Waals surface area contributed by atoms with E-state index < -0.39 is 5.97 Å². The van der Waals surface area contributed by atoms with Crippen molar-refractivity contribution < 1.29 is 9.90 Å². The van der Waals surface area contributed by atoms with Crippen molar-refractivity contribution in [3.05, 3.63) is 64.2 Å². The van der Waals surface area contributed by atoms with Gasteiger partial charge in [-0.2, -0.15) is 5.26 Å². The molecule has 4 nitrogen and oxygen atoms in total. The number of nitrogens with one attached hydrogen (secondary N) is 1. The zero-order valence-corrected chi connectivity index (χ0v) is 11.9.